The lowest BCUT2D eigenvalue weighted by molar-refractivity contribution is -0.123. The standard InChI is InChI=1S/C29H28N4O6S/c1-40(36,37)33(20-23-6-3-2-4-7-23)25-13-11-24(12-14-25)29(35)32-31-18-22-9-15-26(16-10-22)39-21-28(34)30-19-27-8-5-17-38-27/h2-18H,19-21H2,1H3,(H,30,34)(H,32,35)/b31-18-. The Morgan fingerprint density at radius 3 is 2.33 bits per heavy atom. The molecule has 40 heavy (non-hydrogen) atoms. The van der Waals surface area contributed by atoms with Crippen LogP contribution in [0, 0.1) is 0 Å². The van der Waals surface area contributed by atoms with Gasteiger partial charge in [-0.15, -0.1) is 0 Å². The first-order chi connectivity index (χ1) is 19.3. The van der Waals surface area contributed by atoms with Crippen LogP contribution in [0.4, 0.5) is 5.69 Å². The van der Waals surface area contributed by atoms with E-state index in [1.807, 2.05) is 30.3 Å². The van der Waals surface area contributed by atoms with E-state index in [0.29, 0.717) is 28.3 Å². The van der Waals surface area contributed by atoms with Crippen LogP contribution in [0.15, 0.2) is 107 Å². The molecule has 0 saturated carbocycles. The van der Waals surface area contributed by atoms with Crippen molar-refractivity contribution in [3.8, 4) is 5.75 Å². The molecule has 2 amide bonds. The van der Waals surface area contributed by atoms with Gasteiger partial charge in [-0.2, -0.15) is 5.10 Å². The third-order valence-corrected chi connectivity index (χ3v) is 6.80. The van der Waals surface area contributed by atoms with Crippen LogP contribution in [0.2, 0.25) is 0 Å². The van der Waals surface area contributed by atoms with E-state index >= 15 is 0 Å². The summed E-state index contributed by atoms with van der Waals surface area (Å²) in [6.45, 7) is 0.323. The van der Waals surface area contributed by atoms with Crippen molar-refractivity contribution < 1.29 is 27.2 Å². The first kappa shape index (κ1) is 28.1. The van der Waals surface area contributed by atoms with Crippen molar-refractivity contribution in [2.45, 2.75) is 13.1 Å². The number of amides is 2. The second-order valence-electron chi connectivity index (χ2n) is 8.72. The molecule has 0 unspecified atom stereocenters. The van der Waals surface area contributed by atoms with Crippen molar-refractivity contribution in [1.29, 1.82) is 0 Å². The lowest BCUT2D eigenvalue weighted by Gasteiger charge is -2.22. The molecule has 10 nitrogen and oxygen atoms in total. The summed E-state index contributed by atoms with van der Waals surface area (Å²) in [6, 6.07) is 25.8. The maximum absolute atomic E-state index is 12.5. The molecule has 206 valence electrons. The highest BCUT2D eigenvalue weighted by molar-refractivity contribution is 7.92. The van der Waals surface area contributed by atoms with Gasteiger partial charge < -0.3 is 14.5 Å². The minimum atomic E-state index is -3.54. The monoisotopic (exact) mass is 560 g/mol. The van der Waals surface area contributed by atoms with Crippen LogP contribution in [0.3, 0.4) is 0 Å². The van der Waals surface area contributed by atoms with E-state index in [9.17, 15) is 18.0 Å². The maximum atomic E-state index is 12.5. The number of ether oxygens (including phenoxy) is 1. The van der Waals surface area contributed by atoms with E-state index in [1.54, 1.807) is 60.7 Å². The van der Waals surface area contributed by atoms with E-state index in [-0.39, 0.29) is 25.6 Å². The average molecular weight is 561 g/mol. The number of carbonyl (C=O) groups excluding carboxylic acids is 2. The Kier molecular flexibility index (Phi) is 9.31. The zero-order valence-electron chi connectivity index (χ0n) is 21.7. The Morgan fingerprint density at radius 2 is 1.68 bits per heavy atom. The fourth-order valence-electron chi connectivity index (χ4n) is 3.61. The van der Waals surface area contributed by atoms with Crippen LogP contribution in [0.5, 0.6) is 5.75 Å². The minimum absolute atomic E-state index is 0.142. The van der Waals surface area contributed by atoms with Crippen molar-refractivity contribution in [2.75, 3.05) is 17.2 Å². The molecule has 11 heteroatoms. The van der Waals surface area contributed by atoms with E-state index in [2.05, 4.69) is 15.8 Å². The Bertz CT molecular complexity index is 1540. The minimum Gasteiger partial charge on any atom is -0.484 e. The number of hydrogen-bond acceptors (Lipinski definition) is 7. The normalized spacial score (nSPS) is 11.2. The zero-order chi connectivity index (χ0) is 28.4. The van der Waals surface area contributed by atoms with Crippen LogP contribution in [-0.4, -0.2) is 39.3 Å². The van der Waals surface area contributed by atoms with Crippen LogP contribution >= 0.6 is 0 Å². The molecule has 0 fully saturated rings. The van der Waals surface area contributed by atoms with Gasteiger partial charge in [0.2, 0.25) is 10.0 Å². The number of carbonyl (C=O) groups is 2. The van der Waals surface area contributed by atoms with Gasteiger partial charge in [-0.05, 0) is 71.8 Å². The number of anilines is 1. The molecule has 1 aromatic heterocycles. The molecule has 0 spiro atoms. The third kappa shape index (κ3) is 8.30. The fraction of sp³-hybridized carbons (Fsp3) is 0.138. The van der Waals surface area contributed by atoms with E-state index in [0.717, 1.165) is 11.8 Å². The van der Waals surface area contributed by atoms with E-state index < -0.39 is 15.9 Å². The Hall–Kier alpha value is -4.90. The van der Waals surface area contributed by atoms with E-state index in [4.69, 9.17) is 9.15 Å². The molecule has 3 aromatic carbocycles. The van der Waals surface area contributed by atoms with Gasteiger partial charge in [-0.25, -0.2) is 13.8 Å². The van der Waals surface area contributed by atoms with Crippen LogP contribution < -0.4 is 19.8 Å². The molecule has 0 aliphatic rings. The SMILES string of the molecule is CS(=O)(=O)N(Cc1ccccc1)c1ccc(C(=O)N/N=C\c2ccc(OCC(=O)NCc3ccco3)cc2)cc1. The summed E-state index contributed by atoms with van der Waals surface area (Å²) in [5.74, 6) is 0.429. The lowest BCUT2D eigenvalue weighted by Crippen LogP contribution is -2.29. The number of nitrogens with one attached hydrogen (secondary N) is 2. The van der Waals surface area contributed by atoms with Crippen LogP contribution in [0.25, 0.3) is 0 Å². The summed E-state index contributed by atoms with van der Waals surface area (Å²) in [4.78, 5) is 24.4. The van der Waals surface area contributed by atoms with Gasteiger partial charge in [0.15, 0.2) is 6.61 Å². The molecule has 0 atom stereocenters. The van der Waals surface area contributed by atoms with Crippen LogP contribution in [-0.2, 0) is 27.9 Å². The average Bonchev–Trinajstić information content (AvgIpc) is 3.48. The van der Waals surface area contributed by atoms with E-state index in [1.165, 1.54) is 16.8 Å². The number of sulfonamides is 1. The van der Waals surface area contributed by atoms with Crippen molar-refractivity contribution in [1.82, 2.24) is 10.7 Å². The molecule has 2 N–H and O–H groups in total. The largest absolute Gasteiger partial charge is 0.484 e. The summed E-state index contributed by atoms with van der Waals surface area (Å²) in [7, 11) is -3.54. The Balaban J connectivity index is 1.26. The Labute approximate surface area is 232 Å². The molecule has 0 saturated heterocycles. The van der Waals surface area contributed by atoms with Gasteiger partial charge in [-0.3, -0.25) is 13.9 Å². The number of nitrogens with zero attached hydrogens (tertiary/aromatic N) is 2. The summed E-state index contributed by atoms with van der Waals surface area (Å²) in [5.41, 5.74) is 4.77. The maximum Gasteiger partial charge on any atom is 0.271 e. The van der Waals surface area contributed by atoms with Crippen LogP contribution in [0.1, 0.15) is 27.2 Å². The molecule has 4 aromatic rings. The Morgan fingerprint density at radius 1 is 0.950 bits per heavy atom. The van der Waals surface area contributed by atoms with Crippen molar-refractivity contribution >= 4 is 33.7 Å². The predicted octanol–water partition coefficient (Wildman–Crippen LogP) is 3.70. The molecule has 0 bridgehead atoms. The number of furan rings is 1. The summed E-state index contributed by atoms with van der Waals surface area (Å²) < 4.78 is 36.7. The number of benzene rings is 3. The zero-order valence-corrected chi connectivity index (χ0v) is 22.5. The highest BCUT2D eigenvalue weighted by atomic mass is 32.2. The van der Waals surface area contributed by atoms with Crippen molar-refractivity contribution in [3.63, 3.8) is 0 Å². The molecular weight excluding hydrogens is 532 g/mol. The van der Waals surface area contributed by atoms with Gasteiger partial charge in [0, 0.05) is 5.56 Å². The predicted molar refractivity (Wildman–Crippen MR) is 151 cm³/mol. The van der Waals surface area contributed by atoms with Gasteiger partial charge in [0.05, 0.1) is 37.5 Å². The molecule has 1 heterocycles. The van der Waals surface area contributed by atoms with Gasteiger partial charge in [-0.1, -0.05) is 30.3 Å². The smallest absolute Gasteiger partial charge is 0.271 e. The second-order valence-corrected chi connectivity index (χ2v) is 10.6. The quantitative estimate of drug-likeness (QED) is 0.201. The number of hydrogen-bond donors (Lipinski definition) is 2. The van der Waals surface area contributed by atoms with Crippen molar-refractivity contribution in [3.05, 3.63) is 120 Å². The molecule has 0 aliphatic carbocycles. The third-order valence-electron chi connectivity index (χ3n) is 5.66. The summed E-state index contributed by atoms with van der Waals surface area (Å²) in [6.07, 6.45) is 4.15. The van der Waals surface area contributed by atoms with Gasteiger partial charge in [0.1, 0.15) is 11.5 Å². The molecule has 4 rings (SSSR count). The van der Waals surface area contributed by atoms with Crippen molar-refractivity contribution in [2.24, 2.45) is 5.10 Å². The molecule has 0 radical (unpaired) electrons. The summed E-state index contributed by atoms with van der Waals surface area (Å²) in [5, 5.41) is 6.67. The summed E-state index contributed by atoms with van der Waals surface area (Å²) >= 11 is 0. The van der Waals surface area contributed by atoms with Gasteiger partial charge in [0.25, 0.3) is 11.8 Å². The lowest BCUT2D eigenvalue weighted by atomic mass is 10.2. The highest BCUT2D eigenvalue weighted by Gasteiger charge is 2.18. The molecular formula is C29H28N4O6S. The highest BCUT2D eigenvalue weighted by Crippen LogP contribution is 2.21. The molecule has 0 aliphatic heterocycles. The number of rotatable bonds is 12. The topological polar surface area (TPSA) is 130 Å². The first-order valence-electron chi connectivity index (χ1n) is 12.2. The first-order valence-corrected chi connectivity index (χ1v) is 14.1. The number of hydrazone groups is 1. The fourth-order valence-corrected chi connectivity index (χ4v) is 4.50. The second kappa shape index (κ2) is 13.3. The van der Waals surface area contributed by atoms with Gasteiger partial charge >= 0.3 is 0 Å².